The SMILES string of the molecule is COc1cccc2c1N(CCCN)C(=O)C2=O. The molecule has 0 fully saturated rings. The molecule has 0 saturated carbocycles. The number of hydrogen-bond donors (Lipinski definition) is 1. The molecule has 1 aliphatic heterocycles. The quantitative estimate of drug-likeness (QED) is 0.773. The van der Waals surface area contributed by atoms with Gasteiger partial charge in [-0.1, -0.05) is 6.07 Å². The van der Waals surface area contributed by atoms with Crippen LogP contribution in [0.5, 0.6) is 5.75 Å². The molecule has 0 aromatic heterocycles. The number of nitrogens with zero attached hydrogens (tertiary/aromatic N) is 1. The highest BCUT2D eigenvalue weighted by Crippen LogP contribution is 2.37. The van der Waals surface area contributed by atoms with Crippen LogP contribution in [0.25, 0.3) is 0 Å². The van der Waals surface area contributed by atoms with Gasteiger partial charge in [0.15, 0.2) is 0 Å². The highest BCUT2D eigenvalue weighted by molar-refractivity contribution is 6.52. The lowest BCUT2D eigenvalue weighted by Gasteiger charge is -2.18. The van der Waals surface area contributed by atoms with Gasteiger partial charge in [-0.3, -0.25) is 9.59 Å². The fourth-order valence-electron chi connectivity index (χ4n) is 1.95. The molecule has 1 heterocycles. The van der Waals surface area contributed by atoms with E-state index >= 15 is 0 Å². The van der Waals surface area contributed by atoms with Gasteiger partial charge in [-0.2, -0.15) is 0 Å². The Bertz CT molecular complexity index is 471. The zero-order valence-electron chi connectivity index (χ0n) is 9.60. The molecule has 2 rings (SSSR count). The van der Waals surface area contributed by atoms with E-state index in [0.717, 1.165) is 0 Å². The number of hydrogen-bond acceptors (Lipinski definition) is 4. The van der Waals surface area contributed by atoms with Gasteiger partial charge in [-0.05, 0) is 25.1 Å². The zero-order chi connectivity index (χ0) is 12.4. The number of amides is 1. The molecule has 0 bridgehead atoms. The smallest absolute Gasteiger partial charge is 0.299 e. The van der Waals surface area contributed by atoms with E-state index in [4.69, 9.17) is 10.5 Å². The molecule has 5 nitrogen and oxygen atoms in total. The first-order valence-corrected chi connectivity index (χ1v) is 5.44. The predicted octanol–water partition coefficient (Wildman–Crippen LogP) is 0.573. The minimum Gasteiger partial charge on any atom is -0.495 e. The maximum Gasteiger partial charge on any atom is 0.299 e. The van der Waals surface area contributed by atoms with Gasteiger partial charge in [0.1, 0.15) is 5.75 Å². The largest absolute Gasteiger partial charge is 0.495 e. The Morgan fingerprint density at radius 2 is 2.12 bits per heavy atom. The van der Waals surface area contributed by atoms with Crippen LogP contribution in [0.15, 0.2) is 18.2 Å². The van der Waals surface area contributed by atoms with Crippen LogP contribution in [0.1, 0.15) is 16.8 Å². The van der Waals surface area contributed by atoms with E-state index in [0.29, 0.717) is 36.5 Å². The number of nitrogens with two attached hydrogens (primary N) is 1. The summed E-state index contributed by atoms with van der Waals surface area (Å²) in [6, 6.07) is 5.08. The van der Waals surface area contributed by atoms with Crippen LogP contribution in [-0.2, 0) is 4.79 Å². The van der Waals surface area contributed by atoms with Crippen molar-refractivity contribution in [2.75, 3.05) is 25.1 Å². The number of anilines is 1. The van der Waals surface area contributed by atoms with Gasteiger partial charge in [0, 0.05) is 6.54 Å². The fourth-order valence-corrected chi connectivity index (χ4v) is 1.95. The Hall–Kier alpha value is -1.88. The highest BCUT2D eigenvalue weighted by atomic mass is 16.5. The molecule has 1 aliphatic rings. The van der Waals surface area contributed by atoms with Gasteiger partial charge >= 0.3 is 0 Å². The average molecular weight is 234 g/mol. The van der Waals surface area contributed by atoms with Crippen molar-refractivity contribution in [2.45, 2.75) is 6.42 Å². The monoisotopic (exact) mass is 234 g/mol. The summed E-state index contributed by atoms with van der Waals surface area (Å²) in [5.41, 5.74) is 6.40. The fraction of sp³-hybridized carbons (Fsp3) is 0.333. The van der Waals surface area contributed by atoms with E-state index in [1.165, 1.54) is 12.0 Å². The Labute approximate surface area is 99.2 Å². The lowest BCUT2D eigenvalue weighted by molar-refractivity contribution is -0.114. The van der Waals surface area contributed by atoms with Gasteiger partial charge in [0.2, 0.25) is 0 Å². The first kappa shape index (κ1) is 11.6. The summed E-state index contributed by atoms with van der Waals surface area (Å²) in [5, 5.41) is 0. The van der Waals surface area contributed by atoms with E-state index in [9.17, 15) is 9.59 Å². The number of ketones is 1. The third-order valence-electron chi connectivity index (χ3n) is 2.76. The van der Waals surface area contributed by atoms with Crippen molar-refractivity contribution in [3.05, 3.63) is 23.8 Å². The van der Waals surface area contributed by atoms with Gasteiger partial charge in [-0.25, -0.2) is 0 Å². The second-order valence-electron chi connectivity index (χ2n) is 3.78. The molecule has 1 aromatic rings. The third kappa shape index (κ3) is 1.78. The van der Waals surface area contributed by atoms with Crippen molar-refractivity contribution in [2.24, 2.45) is 5.73 Å². The topological polar surface area (TPSA) is 72.6 Å². The molecule has 0 radical (unpaired) electrons. The standard InChI is InChI=1S/C12H14N2O3/c1-17-9-5-2-4-8-10(9)14(7-3-6-13)12(16)11(8)15/h2,4-5H,3,6-7,13H2,1H3. The molecule has 0 aliphatic carbocycles. The van der Waals surface area contributed by atoms with Crippen molar-refractivity contribution in [3.63, 3.8) is 0 Å². The first-order chi connectivity index (χ1) is 8.20. The van der Waals surface area contributed by atoms with Gasteiger partial charge < -0.3 is 15.4 Å². The van der Waals surface area contributed by atoms with Crippen molar-refractivity contribution in [1.82, 2.24) is 0 Å². The molecule has 0 saturated heterocycles. The molecular weight excluding hydrogens is 220 g/mol. The lowest BCUT2D eigenvalue weighted by Crippen LogP contribution is -2.31. The van der Waals surface area contributed by atoms with E-state index < -0.39 is 11.7 Å². The predicted molar refractivity (Wildman–Crippen MR) is 63.3 cm³/mol. The minimum atomic E-state index is -0.502. The average Bonchev–Trinajstić information content (AvgIpc) is 2.60. The molecule has 1 amide bonds. The number of para-hydroxylation sites is 1. The normalized spacial score (nSPS) is 14.1. The Kier molecular flexibility index (Phi) is 3.10. The zero-order valence-corrected chi connectivity index (χ0v) is 9.60. The Balaban J connectivity index is 2.45. The molecule has 1 aromatic carbocycles. The number of benzene rings is 1. The van der Waals surface area contributed by atoms with Crippen molar-refractivity contribution < 1.29 is 14.3 Å². The van der Waals surface area contributed by atoms with Crippen molar-refractivity contribution in [3.8, 4) is 5.75 Å². The molecule has 2 N–H and O–H groups in total. The van der Waals surface area contributed by atoms with Gasteiger partial charge in [-0.15, -0.1) is 0 Å². The maximum absolute atomic E-state index is 11.8. The summed E-state index contributed by atoms with van der Waals surface area (Å²) >= 11 is 0. The number of Topliss-reactive ketones (excluding diaryl/α,β-unsaturated/α-hetero) is 1. The molecule has 0 spiro atoms. The van der Waals surface area contributed by atoms with E-state index in [1.54, 1.807) is 18.2 Å². The summed E-state index contributed by atoms with van der Waals surface area (Å²) < 4.78 is 5.19. The van der Waals surface area contributed by atoms with E-state index in [2.05, 4.69) is 0 Å². The number of carbonyl (C=O) groups excluding carboxylic acids is 2. The molecule has 17 heavy (non-hydrogen) atoms. The maximum atomic E-state index is 11.8. The molecule has 0 unspecified atom stereocenters. The van der Waals surface area contributed by atoms with Crippen LogP contribution in [0.4, 0.5) is 5.69 Å². The minimum absolute atomic E-state index is 0.409. The number of ether oxygens (including phenoxy) is 1. The Morgan fingerprint density at radius 3 is 2.76 bits per heavy atom. The second-order valence-corrected chi connectivity index (χ2v) is 3.78. The summed E-state index contributed by atoms with van der Waals surface area (Å²) in [6.07, 6.45) is 0.649. The Morgan fingerprint density at radius 1 is 1.35 bits per heavy atom. The highest BCUT2D eigenvalue weighted by Gasteiger charge is 2.37. The van der Waals surface area contributed by atoms with Crippen LogP contribution >= 0.6 is 0 Å². The molecule has 90 valence electrons. The number of carbonyl (C=O) groups is 2. The summed E-state index contributed by atoms with van der Waals surface area (Å²) in [5.74, 6) is -0.437. The van der Waals surface area contributed by atoms with E-state index in [1.807, 2.05) is 0 Å². The lowest BCUT2D eigenvalue weighted by atomic mass is 10.1. The summed E-state index contributed by atoms with van der Waals surface area (Å²) in [4.78, 5) is 25.0. The van der Waals surface area contributed by atoms with E-state index in [-0.39, 0.29) is 0 Å². The number of fused-ring (bicyclic) bond motifs is 1. The summed E-state index contributed by atoms with van der Waals surface area (Å²) in [6.45, 7) is 0.914. The number of methoxy groups -OCH3 is 1. The first-order valence-electron chi connectivity index (χ1n) is 5.44. The molecule has 0 atom stereocenters. The molecule has 5 heteroatoms. The van der Waals surface area contributed by atoms with Crippen LogP contribution in [0, 0.1) is 0 Å². The van der Waals surface area contributed by atoms with Crippen LogP contribution < -0.4 is 15.4 Å². The third-order valence-corrected chi connectivity index (χ3v) is 2.76. The molecular formula is C12H14N2O3. The summed E-state index contributed by atoms with van der Waals surface area (Å²) in [7, 11) is 1.52. The van der Waals surface area contributed by atoms with Crippen LogP contribution in [0.3, 0.4) is 0 Å². The van der Waals surface area contributed by atoms with Crippen molar-refractivity contribution in [1.29, 1.82) is 0 Å². The van der Waals surface area contributed by atoms with Gasteiger partial charge in [0.25, 0.3) is 11.7 Å². The van der Waals surface area contributed by atoms with Crippen LogP contribution in [-0.4, -0.2) is 31.9 Å². The second kappa shape index (κ2) is 4.55. The van der Waals surface area contributed by atoms with Gasteiger partial charge in [0.05, 0.1) is 18.4 Å². The number of rotatable bonds is 4. The van der Waals surface area contributed by atoms with Crippen LogP contribution in [0.2, 0.25) is 0 Å². The van der Waals surface area contributed by atoms with Crippen molar-refractivity contribution >= 4 is 17.4 Å².